The Morgan fingerprint density at radius 2 is 1.62 bits per heavy atom. The molecule has 0 spiro atoms. The summed E-state index contributed by atoms with van der Waals surface area (Å²) in [6, 6.07) is 19.6. The van der Waals surface area contributed by atoms with Gasteiger partial charge in [-0.15, -0.1) is 0 Å². The van der Waals surface area contributed by atoms with Gasteiger partial charge in [-0.1, -0.05) is 43.2 Å². The first kappa shape index (κ1) is 26.1. The minimum absolute atomic E-state index is 0.288. The maximum absolute atomic E-state index is 9.94. The van der Waals surface area contributed by atoms with Crippen LogP contribution in [0.3, 0.4) is 0 Å². The Morgan fingerprint density at radius 3 is 2.38 bits per heavy atom. The minimum atomic E-state index is 0.288. The minimum Gasteiger partial charge on any atom is -0.508 e. The fraction of sp³-hybridized carbons (Fsp3) is 0.471. The lowest BCUT2D eigenvalue weighted by Crippen LogP contribution is -2.27. The molecular weight excluding hydrogens is 484 g/mol. The molecule has 1 fully saturated rings. The van der Waals surface area contributed by atoms with Crippen molar-refractivity contribution in [3.63, 3.8) is 0 Å². The van der Waals surface area contributed by atoms with E-state index in [-0.39, 0.29) is 6.79 Å². The van der Waals surface area contributed by atoms with Gasteiger partial charge in [-0.2, -0.15) is 0 Å². The lowest BCUT2D eigenvalue weighted by molar-refractivity contribution is 0.174. The molecule has 2 heterocycles. The number of aromatic hydroxyl groups is 1. The van der Waals surface area contributed by atoms with Gasteiger partial charge >= 0.3 is 0 Å². The van der Waals surface area contributed by atoms with E-state index in [4.69, 9.17) is 9.47 Å². The molecule has 1 unspecified atom stereocenters. The summed E-state index contributed by atoms with van der Waals surface area (Å²) < 4.78 is 11.6. The van der Waals surface area contributed by atoms with E-state index >= 15 is 0 Å². The van der Waals surface area contributed by atoms with Crippen LogP contribution in [0.1, 0.15) is 72.8 Å². The summed E-state index contributed by atoms with van der Waals surface area (Å²) >= 11 is 0. The van der Waals surface area contributed by atoms with Crippen molar-refractivity contribution in [2.75, 3.05) is 37.9 Å². The van der Waals surface area contributed by atoms with E-state index in [2.05, 4.69) is 59.2 Å². The van der Waals surface area contributed by atoms with E-state index in [0.717, 1.165) is 50.3 Å². The number of ether oxygens (including phenoxy) is 2. The van der Waals surface area contributed by atoms with Gasteiger partial charge in [0.15, 0.2) is 11.5 Å². The molecule has 5 nitrogen and oxygen atoms in total. The summed E-state index contributed by atoms with van der Waals surface area (Å²) in [7, 11) is 0. The van der Waals surface area contributed by atoms with Crippen LogP contribution in [0.4, 0.5) is 5.69 Å². The van der Waals surface area contributed by atoms with E-state index in [1.54, 1.807) is 0 Å². The second kappa shape index (κ2) is 11.9. The van der Waals surface area contributed by atoms with Gasteiger partial charge < -0.3 is 24.4 Å². The number of fused-ring (bicyclic) bond motifs is 2. The lowest BCUT2D eigenvalue weighted by Gasteiger charge is -2.32. The van der Waals surface area contributed by atoms with E-state index < -0.39 is 0 Å². The van der Waals surface area contributed by atoms with Crippen LogP contribution in [0, 0.1) is 0 Å². The molecule has 0 saturated carbocycles. The monoisotopic (exact) mass is 526 g/mol. The van der Waals surface area contributed by atoms with Crippen molar-refractivity contribution in [2.24, 2.45) is 0 Å². The van der Waals surface area contributed by atoms with Crippen LogP contribution in [0.5, 0.6) is 17.2 Å². The number of benzene rings is 3. The molecule has 1 aliphatic carbocycles. The third kappa shape index (κ3) is 6.04. The maximum atomic E-state index is 9.94. The van der Waals surface area contributed by atoms with Gasteiger partial charge in [0, 0.05) is 31.4 Å². The summed E-state index contributed by atoms with van der Waals surface area (Å²) in [6.07, 6.45) is 9.64. The third-order valence-corrected chi connectivity index (χ3v) is 8.91. The fourth-order valence-electron chi connectivity index (χ4n) is 6.60. The highest BCUT2D eigenvalue weighted by Crippen LogP contribution is 2.45. The molecule has 3 aromatic rings. The molecule has 39 heavy (non-hydrogen) atoms. The van der Waals surface area contributed by atoms with Gasteiger partial charge in [-0.05, 0) is 110 Å². The van der Waals surface area contributed by atoms with Crippen LogP contribution >= 0.6 is 0 Å². The number of anilines is 1. The zero-order valence-corrected chi connectivity index (χ0v) is 23.3. The standard InChI is InChI=1S/C34H42N2O3/c1-2-36(23-26-9-7-25(8-10-26)15-18-35-16-5-3-4-6-17-35)32-22-34-33(38-24-39-34)21-31(32)29-12-11-28-20-30(37)14-13-27(28)19-29/h7-10,13-14,20-22,29,37H,2-6,11-12,15-19,23-24H2,1H3. The van der Waals surface area contributed by atoms with E-state index in [1.807, 2.05) is 12.1 Å². The van der Waals surface area contributed by atoms with Gasteiger partial charge in [-0.3, -0.25) is 0 Å². The topological polar surface area (TPSA) is 45.2 Å². The number of hydrogen-bond acceptors (Lipinski definition) is 5. The van der Waals surface area contributed by atoms with Crippen LogP contribution in [-0.4, -0.2) is 43.0 Å². The second-order valence-corrected chi connectivity index (χ2v) is 11.5. The second-order valence-electron chi connectivity index (χ2n) is 11.5. The van der Waals surface area contributed by atoms with Gasteiger partial charge in [0.1, 0.15) is 5.75 Å². The summed E-state index contributed by atoms with van der Waals surface area (Å²) in [5.74, 6) is 2.47. The number of phenols is 1. The van der Waals surface area contributed by atoms with Gasteiger partial charge in [0.05, 0.1) is 0 Å². The number of hydrogen-bond donors (Lipinski definition) is 1. The van der Waals surface area contributed by atoms with Crippen LogP contribution in [0.15, 0.2) is 54.6 Å². The van der Waals surface area contributed by atoms with E-state index in [9.17, 15) is 5.11 Å². The first-order valence-electron chi connectivity index (χ1n) is 15.0. The molecule has 1 N–H and O–H groups in total. The van der Waals surface area contributed by atoms with Crippen molar-refractivity contribution < 1.29 is 14.6 Å². The average Bonchev–Trinajstić information content (AvgIpc) is 3.27. The lowest BCUT2D eigenvalue weighted by atomic mass is 9.79. The molecule has 5 heteroatoms. The number of rotatable bonds is 8. The van der Waals surface area contributed by atoms with Crippen molar-refractivity contribution >= 4 is 5.69 Å². The van der Waals surface area contributed by atoms with E-state index in [0.29, 0.717) is 11.7 Å². The van der Waals surface area contributed by atoms with Crippen LogP contribution < -0.4 is 14.4 Å². The average molecular weight is 527 g/mol. The molecule has 1 atom stereocenters. The first-order chi connectivity index (χ1) is 19.2. The Morgan fingerprint density at radius 1 is 0.872 bits per heavy atom. The van der Waals surface area contributed by atoms with Crippen LogP contribution in [0.2, 0.25) is 0 Å². The Hall–Kier alpha value is -3.18. The number of aryl methyl sites for hydroxylation is 1. The molecule has 206 valence electrons. The van der Waals surface area contributed by atoms with Crippen LogP contribution in [-0.2, 0) is 25.8 Å². The van der Waals surface area contributed by atoms with Gasteiger partial charge in [-0.25, -0.2) is 0 Å². The molecular formula is C34H42N2O3. The molecule has 0 radical (unpaired) electrons. The predicted molar refractivity (Wildman–Crippen MR) is 157 cm³/mol. The Bertz CT molecular complexity index is 1260. The quantitative estimate of drug-likeness (QED) is 0.348. The summed E-state index contributed by atoms with van der Waals surface area (Å²) in [5, 5.41) is 9.94. The highest BCUT2D eigenvalue weighted by atomic mass is 16.7. The molecule has 2 aliphatic heterocycles. The maximum Gasteiger partial charge on any atom is 0.231 e. The van der Waals surface area contributed by atoms with Gasteiger partial charge in [0.25, 0.3) is 0 Å². The predicted octanol–water partition coefficient (Wildman–Crippen LogP) is 6.84. The molecule has 6 rings (SSSR count). The Labute approximate surface area is 233 Å². The fourth-order valence-corrected chi connectivity index (χ4v) is 6.60. The third-order valence-electron chi connectivity index (χ3n) is 8.91. The number of nitrogens with zero attached hydrogens (tertiary/aromatic N) is 2. The smallest absolute Gasteiger partial charge is 0.231 e. The number of likely N-dealkylation sites (tertiary alicyclic amines) is 1. The molecule has 0 amide bonds. The molecule has 0 aromatic heterocycles. The van der Waals surface area contributed by atoms with Crippen molar-refractivity contribution in [2.45, 2.75) is 70.8 Å². The zero-order valence-electron chi connectivity index (χ0n) is 23.3. The first-order valence-corrected chi connectivity index (χ1v) is 15.0. The van der Waals surface area contributed by atoms with Crippen molar-refractivity contribution in [3.05, 3.63) is 82.4 Å². The summed E-state index contributed by atoms with van der Waals surface area (Å²) in [5.41, 5.74) is 7.97. The molecule has 1 saturated heterocycles. The molecule has 0 bridgehead atoms. The van der Waals surface area contributed by atoms with E-state index in [1.165, 1.54) is 78.8 Å². The Kier molecular flexibility index (Phi) is 7.96. The normalized spacial score (nSPS) is 18.9. The summed E-state index contributed by atoms with van der Waals surface area (Å²) in [4.78, 5) is 5.13. The zero-order chi connectivity index (χ0) is 26.6. The molecule has 3 aromatic carbocycles. The molecule has 3 aliphatic rings. The summed E-state index contributed by atoms with van der Waals surface area (Å²) in [6.45, 7) is 8.00. The highest BCUT2D eigenvalue weighted by Gasteiger charge is 2.28. The number of phenolic OH excluding ortho intramolecular Hbond substituents is 1. The highest BCUT2D eigenvalue weighted by molar-refractivity contribution is 5.64. The van der Waals surface area contributed by atoms with Gasteiger partial charge in [0.2, 0.25) is 6.79 Å². The van der Waals surface area contributed by atoms with Crippen molar-refractivity contribution in [1.29, 1.82) is 0 Å². The SMILES string of the molecule is CCN(Cc1ccc(CCN2CCCCCC2)cc1)c1cc2c(cc1C1CCc3cc(O)ccc3C1)OCO2. The van der Waals surface area contributed by atoms with Crippen molar-refractivity contribution in [1.82, 2.24) is 4.90 Å². The van der Waals surface area contributed by atoms with Crippen LogP contribution in [0.25, 0.3) is 0 Å². The Balaban J connectivity index is 1.19. The largest absolute Gasteiger partial charge is 0.508 e. The van der Waals surface area contributed by atoms with Crippen molar-refractivity contribution in [3.8, 4) is 17.2 Å².